The van der Waals surface area contributed by atoms with E-state index >= 15 is 0 Å². The molecule has 2 aliphatic carbocycles. The second-order valence-corrected chi connectivity index (χ2v) is 8.67. The standard InChI is InChI=1S/C25H20N2O4/c28-23-20-15-9-10-16(12-15)21(20)24(29)27(23)18-7-1-5-17(13-18)25(30)31-19-8-2-4-14-6-3-11-26-22(14)19/h1-8,11,13,15-16,20-21H,9-10,12H2/t15-,16-,20-,21+/m0/s1. The van der Waals surface area contributed by atoms with Gasteiger partial charge in [0.25, 0.3) is 0 Å². The Kier molecular flexibility index (Phi) is 3.96. The van der Waals surface area contributed by atoms with Gasteiger partial charge in [-0.3, -0.25) is 19.5 Å². The first kappa shape index (κ1) is 18.2. The van der Waals surface area contributed by atoms with Crippen LogP contribution in [-0.2, 0) is 9.59 Å². The van der Waals surface area contributed by atoms with E-state index in [1.165, 1.54) is 4.90 Å². The number of hydrogen-bond donors (Lipinski definition) is 0. The zero-order valence-electron chi connectivity index (χ0n) is 16.7. The third-order valence-corrected chi connectivity index (χ3v) is 7.07. The average Bonchev–Trinajstić information content (AvgIpc) is 3.48. The number of hydrogen-bond acceptors (Lipinski definition) is 5. The molecule has 2 saturated carbocycles. The van der Waals surface area contributed by atoms with Crippen molar-refractivity contribution in [1.29, 1.82) is 0 Å². The van der Waals surface area contributed by atoms with Gasteiger partial charge in [-0.25, -0.2) is 4.79 Å². The van der Waals surface area contributed by atoms with Crippen molar-refractivity contribution in [1.82, 2.24) is 4.98 Å². The molecule has 1 aromatic heterocycles. The van der Waals surface area contributed by atoms with E-state index < -0.39 is 5.97 Å². The number of anilines is 1. The second-order valence-electron chi connectivity index (χ2n) is 8.67. The van der Waals surface area contributed by atoms with Crippen LogP contribution in [0.1, 0.15) is 29.6 Å². The van der Waals surface area contributed by atoms with E-state index in [1.807, 2.05) is 18.2 Å². The monoisotopic (exact) mass is 412 g/mol. The second kappa shape index (κ2) is 6.74. The predicted molar refractivity (Wildman–Crippen MR) is 113 cm³/mol. The van der Waals surface area contributed by atoms with Crippen molar-refractivity contribution in [2.45, 2.75) is 19.3 Å². The molecule has 31 heavy (non-hydrogen) atoms. The fraction of sp³-hybridized carbons (Fsp3) is 0.280. The smallest absolute Gasteiger partial charge is 0.343 e. The Balaban J connectivity index is 1.29. The number of amides is 2. The highest BCUT2D eigenvalue weighted by Gasteiger charge is 2.61. The minimum atomic E-state index is -0.556. The van der Waals surface area contributed by atoms with Crippen LogP contribution in [0, 0.1) is 23.7 Å². The number of aromatic nitrogens is 1. The Bertz CT molecular complexity index is 1220. The summed E-state index contributed by atoms with van der Waals surface area (Å²) in [6, 6.07) is 15.7. The molecule has 6 rings (SSSR count). The van der Waals surface area contributed by atoms with Gasteiger partial charge < -0.3 is 4.74 Å². The normalized spacial score (nSPS) is 26.5. The summed E-state index contributed by atoms with van der Waals surface area (Å²) >= 11 is 0. The molecule has 2 bridgehead atoms. The van der Waals surface area contributed by atoms with Crippen molar-refractivity contribution in [3.63, 3.8) is 0 Å². The molecule has 2 heterocycles. The number of nitrogens with zero attached hydrogens (tertiary/aromatic N) is 2. The van der Waals surface area contributed by atoms with E-state index in [1.54, 1.807) is 42.6 Å². The maximum atomic E-state index is 13.1. The summed E-state index contributed by atoms with van der Waals surface area (Å²) in [6.07, 6.45) is 4.70. The summed E-state index contributed by atoms with van der Waals surface area (Å²) in [4.78, 5) is 44.6. The maximum Gasteiger partial charge on any atom is 0.343 e. The van der Waals surface area contributed by atoms with E-state index in [0.29, 0.717) is 28.8 Å². The van der Waals surface area contributed by atoms with Crippen LogP contribution in [0.4, 0.5) is 5.69 Å². The van der Waals surface area contributed by atoms with Gasteiger partial charge in [-0.05, 0) is 61.4 Å². The van der Waals surface area contributed by atoms with Crippen LogP contribution in [0.25, 0.3) is 10.9 Å². The number of para-hydroxylation sites is 1. The number of carbonyl (C=O) groups is 3. The van der Waals surface area contributed by atoms with Gasteiger partial charge in [-0.1, -0.05) is 24.3 Å². The van der Waals surface area contributed by atoms with Crippen molar-refractivity contribution in [3.05, 3.63) is 66.4 Å². The Morgan fingerprint density at radius 3 is 2.42 bits per heavy atom. The van der Waals surface area contributed by atoms with Crippen molar-refractivity contribution in [2.75, 3.05) is 4.90 Å². The molecular weight excluding hydrogens is 392 g/mol. The highest BCUT2D eigenvalue weighted by atomic mass is 16.5. The maximum absolute atomic E-state index is 13.1. The lowest BCUT2D eigenvalue weighted by Crippen LogP contribution is -2.32. The van der Waals surface area contributed by atoms with E-state index in [0.717, 1.165) is 24.6 Å². The number of pyridine rings is 1. The predicted octanol–water partition coefficient (Wildman–Crippen LogP) is 3.99. The van der Waals surface area contributed by atoms with E-state index in [9.17, 15) is 14.4 Å². The van der Waals surface area contributed by atoms with Gasteiger partial charge in [-0.15, -0.1) is 0 Å². The Hall–Kier alpha value is -3.54. The van der Waals surface area contributed by atoms with Gasteiger partial charge in [0.05, 0.1) is 23.1 Å². The summed E-state index contributed by atoms with van der Waals surface area (Å²) < 4.78 is 5.61. The molecule has 2 aromatic carbocycles. The van der Waals surface area contributed by atoms with Crippen LogP contribution < -0.4 is 9.64 Å². The Morgan fingerprint density at radius 1 is 0.935 bits per heavy atom. The zero-order chi connectivity index (χ0) is 21.1. The van der Waals surface area contributed by atoms with Gasteiger partial charge in [0.2, 0.25) is 11.8 Å². The summed E-state index contributed by atoms with van der Waals surface area (Å²) in [5.41, 5.74) is 1.32. The summed E-state index contributed by atoms with van der Waals surface area (Å²) in [5, 5.41) is 0.871. The molecule has 0 unspecified atom stereocenters. The molecule has 6 heteroatoms. The number of carbonyl (C=O) groups excluding carboxylic acids is 3. The lowest BCUT2D eigenvalue weighted by molar-refractivity contribution is -0.123. The highest BCUT2D eigenvalue weighted by Crippen LogP contribution is 2.56. The number of fused-ring (bicyclic) bond motifs is 6. The third-order valence-electron chi connectivity index (χ3n) is 7.07. The lowest BCUT2D eigenvalue weighted by atomic mass is 9.81. The fourth-order valence-electron chi connectivity index (χ4n) is 5.75. The fourth-order valence-corrected chi connectivity index (χ4v) is 5.75. The quantitative estimate of drug-likeness (QED) is 0.369. The van der Waals surface area contributed by atoms with E-state index in [2.05, 4.69) is 4.98 Å². The summed E-state index contributed by atoms with van der Waals surface area (Å²) in [7, 11) is 0. The molecule has 2 amide bonds. The number of imide groups is 1. The van der Waals surface area contributed by atoms with Gasteiger partial charge in [-0.2, -0.15) is 0 Å². The molecular formula is C25H20N2O4. The molecule has 1 saturated heterocycles. The number of benzene rings is 2. The Labute approximate surface area is 178 Å². The zero-order valence-corrected chi connectivity index (χ0v) is 16.7. The van der Waals surface area contributed by atoms with Gasteiger partial charge in [0.1, 0.15) is 5.52 Å². The van der Waals surface area contributed by atoms with Crippen molar-refractivity contribution in [2.24, 2.45) is 23.7 Å². The highest BCUT2D eigenvalue weighted by molar-refractivity contribution is 6.22. The number of rotatable bonds is 3. The van der Waals surface area contributed by atoms with Gasteiger partial charge in [0.15, 0.2) is 5.75 Å². The first-order chi connectivity index (χ1) is 15.1. The van der Waals surface area contributed by atoms with Crippen LogP contribution in [0.2, 0.25) is 0 Å². The molecule has 3 fully saturated rings. The number of esters is 1. The molecule has 4 atom stereocenters. The number of ether oxygens (including phenoxy) is 1. The van der Waals surface area contributed by atoms with E-state index in [4.69, 9.17) is 4.74 Å². The topological polar surface area (TPSA) is 76.6 Å². The SMILES string of the molecule is O=C(Oc1cccc2cccnc12)c1cccc(N2C(=O)[C@@H]3[C@H]4CC[C@@H](C4)[C@@H]3C2=O)c1. The molecule has 3 aromatic rings. The van der Waals surface area contributed by atoms with Crippen molar-refractivity contribution >= 4 is 34.4 Å². The van der Waals surface area contributed by atoms with Gasteiger partial charge >= 0.3 is 5.97 Å². The lowest BCUT2D eigenvalue weighted by Gasteiger charge is -2.19. The van der Waals surface area contributed by atoms with Crippen molar-refractivity contribution in [3.8, 4) is 5.75 Å². The van der Waals surface area contributed by atoms with Crippen molar-refractivity contribution < 1.29 is 19.1 Å². The molecule has 0 radical (unpaired) electrons. The van der Waals surface area contributed by atoms with Crippen LogP contribution >= 0.6 is 0 Å². The molecule has 0 spiro atoms. The minimum Gasteiger partial charge on any atom is -0.421 e. The minimum absolute atomic E-state index is 0.119. The van der Waals surface area contributed by atoms with Crippen LogP contribution in [0.5, 0.6) is 5.75 Å². The molecule has 1 aliphatic heterocycles. The Morgan fingerprint density at radius 2 is 1.65 bits per heavy atom. The molecule has 3 aliphatic rings. The van der Waals surface area contributed by atoms with Crippen LogP contribution in [0.3, 0.4) is 0 Å². The largest absolute Gasteiger partial charge is 0.421 e. The van der Waals surface area contributed by atoms with Crippen LogP contribution in [0.15, 0.2) is 60.8 Å². The summed E-state index contributed by atoms with van der Waals surface area (Å²) in [5.74, 6) is -0.164. The average molecular weight is 412 g/mol. The summed E-state index contributed by atoms with van der Waals surface area (Å²) in [6.45, 7) is 0. The molecule has 0 N–H and O–H groups in total. The first-order valence-corrected chi connectivity index (χ1v) is 10.7. The third kappa shape index (κ3) is 2.71. The van der Waals surface area contributed by atoms with Crippen LogP contribution in [-0.4, -0.2) is 22.8 Å². The van der Waals surface area contributed by atoms with E-state index in [-0.39, 0.29) is 29.2 Å². The first-order valence-electron chi connectivity index (χ1n) is 10.7. The molecule has 6 nitrogen and oxygen atoms in total. The molecule has 154 valence electrons. The van der Waals surface area contributed by atoms with Gasteiger partial charge in [0, 0.05) is 11.6 Å².